The minimum Gasteiger partial charge on any atom is -0.461 e. The second kappa shape index (κ2) is 5.99. The van der Waals surface area contributed by atoms with E-state index in [0.29, 0.717) is 0 Å². The van der Waals surface area contributed by atoms with E-state index in [0.717, 1.165) is 0 Å². The third-order valence-electron chi connectivity index (χ3n) is 1.07. The maximum Gasteiger partial charge on any atom is 0.427 e. The number of amides is 1. The van der Waals surface area contributed by atoms with Crippen LogP contribution >= 0.6 is 0 Å². The van der Waals surface area contributed by atoms with E-state index in [4.69, 9.17) is 0 Å². The van der Waals surface area contributed by atoms with Gasteiger partial charge in [-0.25, -0.2) is 15.0 Å². The molecule has 0 radical (unpaired) electrons. The van der Waals surface area contributed by atoms with Gasteiger partial charge in [0.2, 0.25) is 0 Å². The number of methoxy groups -OCH3 is 1. The maximum absolute atomic E-state index is 10.9. The summed E-state index contributed by atoms with van der Waals surface area (Å²) in [5.74, 6) is -0.570. The van der Waals surface area contributed by atoms with Crippen LogP contribution in [0.25, 0.3) is 0 Å². The largest absolute Gasteiger partial charge is 0.461 e. The molecule has 0 bridgehead atoms. The molecule has 0 heterocycles. The first-order valence-corrected chi connectivity index (χ1v) is 3.67. The molecule has 1 N–H and O–H groups in total. The number of hydrogen-bond acceptors (Lipinski definition) is 5. The summed E-state index contributed by atoms with van der Waals surface area (Å²) in [6.45, 7) is 3.37. The van der Waals surface area contributed by atoms with E-state index >= 15 is 0 Å². The fraction of sp³-hybridized carbons (Fsp3) is 0.571. The van der Waals surface area contributed by atoms with Crippen LogP contribution in [0.15, 0.2) is 5.10 Å². The lowest BCUT2D eigenvalue weighted by molar-refractivity contribution is -0.135. The van der Waals surface area contributed by atoms with Crippen molar-refractivity contribution in [2.75, 3.05) is 13.7 Å². The Bertz CT molecular complexity index is 225. The quantitative estimate of drug-likeness (QED) is 0.392. The number of rotatable bonds is 3. The summed E-state index contributed by atoms with van der Waals surface area (Å²) in [6.07, 6.45) is -0.733. The van der Waals surface area contributed by atoms with Crippen molar-refractivity contribution < 1.29 is 19.1 Å². The van der Waals surface area contributed by atoms with Crippen molar-refractivity contribution in [1.82, 2.24) is 5.43 Å². The van der Waals surface area contributed by atoms with Gasteiger partial charge in [-0.15, -0.1) is 0 Å². The van der Waals surface area contributed by atoms with Gasteiger partial charge in [-0.2, -0.15) is 5.10 Å². The Labute approximate surface area is 75.9 Å². The number of nitrogens with zero attached hydrogens (tertiary/aromatic N) is 1. The Kier molecular flexibility index (Phi) is 5.25. The number of esters is 1. The molecule has 0 unspecified atom stereocenters. The normalized spacial score (nSPS) is 10.5. The van der Waals surface area contributed by atoms with Gasteiger partial charge in [0.05, 0.1) is 13.7 Å². The molecule has 0 aromatic carbocycles. The standard InChI is InChI=1S/C7H12N2O4/c1-4-13-6(10)5(2)8-9-7(11)12-3/h4H2,1-3H3,(H,9,11). The number of hydrazone groups is 1. The molecule has 0 aliphatic heterocycles. The van der Waals surface area contributed by atoms with Crippen LogP contribution in [0, 0.1) is 0 Å². The average Bonchev–Trinajstić information content (AvgIpc) is 2.13. The summed E-state index contributed by atoms with van der Waals surface area (Å²) in [5.41, 5.74) is 2.06. The third kappa shape index (κ3) is 4.78. The molecule has 6 nitrogen and oxygen atoms in total. The van der Waals surface area contributed by atoms with Crippen molar-refractivity contribution >= 4 is 17.8 Å². The molecule has 1 amide bonds. The molecule has 0 aromatic heterocycles. The van der Waals surface area contributed by atoms with E-state index in [2.05, 4.69) is 14.6 Å². The van der Waals surface area contributed by atoms with Crippen LogP contribution in [0.5, 0.6) is 0 Å². The summed E-state index contributed by atoms with van der Waals surface area (Å²) in [5, 5.41) is 3.43. The van der Waals surface area contributed by atoms with Gasteiger partial charge in [0.15, 0.2) is 0 Å². The van der Waals surface area contributed by atoms with Crippen LogP contribution in [0.3, 0.4) is 0 Å². The number of carbonyl (C=O) groups is 2. The minimum absolute atomic E-state index is 0.0623. The van der Waals surface area contributed by atoms with E-state index in [9.17, 15) is 9.59 Å². The Morgan fingerprint density at radius 1 is 1.46 bits per heavy atom. The first kappa shape index (κ1) is 11.4. The van der Waals surface area contributed by atoms with Crippen molar-refractivity contribution in [2.24, 2.45) is 5.10 Å². The summed E-state index contributed by atoms with van der Waals surface area (Å²) in [6, 6.07) is 0. The topological polar surface area (TPSA) is 77.0 Å². The highest BCUT2D eigenvalue weighted by atomic mass is 16.5. The molecule has 74 valence electrons. The van der Waals surface area contributed by atoms with Gasteiger partial charge in [0.1, 0.15) is 5.71 Å². The van der Waals surface area contributed by atoms with Crippen molar-refractivity contribution in [3.8, 4) is 0 Å². The molecule has 0 rings (SSSR count). The van der Waals surface area contributed by atoms with Crippen LogP contribution < -0.4 is 5.43 Å². The average molecular weight is 188 g/mol. The maximum atomic E-state index is 10.9. The number of ether oxygens (including phenoxy) is 2. The molecule has 0 fully saturated rings. The predicted octanol–water partition coefficient (Wildman–Crippen LogP) is 0.281. The Balaban J connectivity index is 4.01. The lowest BCUT2D eigenvalue weighted by atomic mass is 10.4. The molecule has 0 saturated heterocycles. The Morgan fingerprint density at radius 3 is 2.54 bits per heavy atom. The van der Waals surface area contributed by atoms with Gasteiger partial charge >= 0.3 is 12.1 Å². The van der Waals surface area contributed by atoms with Gasteiger partial charge < -0.3 is 9.47 Å². The molecule has 0 aliphatic rings. The molecular weight excluding hydrogens is 176 g/mol. The van der Waals surface area contributed by atoms with Crippen molar-refractivity contribution in [2.45, 2.75) is 13.8 Å². The summed E-state index contributed by atoms with van der Waals surface area (Å²) < 4.78 is 8.84. The highest BCUT2D eigenvalue weighted by Crippen LogP contribution is 1.83. The summed E-state index contributed by atoms with van der Waals surface area (Å²) in [7, 11) is 1.20. The molecular formula is C7H12N2O4. The molecule has 0 saturated carbocycles. The first-order valence-electron chi connectivity index (χ1n) is 3.67. The van der Waals surface area contributed by atoms with Crippen LogP contribution in [0.4, 0.5) is 4.79 Å². The van der Waals surface area contributed by atoms with Crippen molar-refractivity contribution in [3.05, 3.63) is 0 Å². The molecule has 13 heavy (non-hydrogen) atoms. The highest BCUT2D eigenvalue weighted by molar-refractivity contribution is 6.35. The van der Waals surface area contributed by atoms with Crippen LogP contribution in [0.1, 0.15) is 13.8 Å². The van der Waals surface area contributed by atoms with Crippen molar-refractivity contribution in [1.29, 1.82) is 0 Å². The molecule has 0 aliphatic carbocycles. The van der Waals surface area contributed by atoms with Gasteiger partial charge in [-0.3, -0.25) is 0 Å². The predicted molar refractivity (Wildman–Crippen MR) is 45.3 cm³/mol. The number of hydrogen-bond donors (Lipinski definition) is 1. The molecule has 0 atom stereocenters. The fourth-order valence-electron chi connectivity index (χ4n) is 0.456. The Morgan fingerprint density at radius 2 is 2.08 bits per heavy atom. The second-order valence-electron chi connectivity index (χ2n) is 2.02. The van der Waals surface area contributed by atoms with Gasteiger partial charge in [-0.05, 0) is 13.8 Å². The SMILES string of the molecule is CCOC(=O)C(C)=NNC(=O)OC. The fourth-order valence-corrected chi connectivity index (χ4v) is 0.456. The molecule has 0 aromatic rings. The first-order chi connectivity index (χ1) is 6.11. The van der Waals surface area contributed by atoms with Crippen molar-refractivity contribution in [3.63, 3.8) is 0 Å². The van der Waals surface area contributed by atoms with Crippen LogP contribution in [-0.4, -0.2) is 31.5 Å². The zero-order chi connectivity index (χ0) is 10.3. The van der Waals surface area contributed by atoms with Crippen LogP contribution in [-0.2, 0) is 14.3 Å². The smallest absolute Gasteiger partial charge is 0.427 e. The zero-order valence-corrected chi connectivity index (χ0v) is 7.79. The monoisotopic (exact) mass is 188 g/mol. The Hall–Kier alpha value is -1.59. The molecule has 6 heteroatoms. The number of nitrogens with one attached hydrogen (secondary N) is 1. The van der Waals surface area contributed by atoms with Gasteiger partial charge in [0.25, 0.3) is 0 Å². The lowest BCUT2D eigenvalue weighted by Crippen LogP contribution is -2.22. The van der Waals surface area contributed by atoms with Crippen LogP contribution in [0.2, 0.25) is 0 Å². The van der Waals surface area contributed by atoms with E-state index in [1.165, 1.54) is 14.0 Å². The molecule has 0 spiro atoms. The third-order valence-corrected chi connectivity index (χ3v) is 1.07. The van der Waals surface area contributed by atoms with Gasteiger partial charge in [0, 0.05) is 0 Å². The highest BCUT2D eigenvalue weighted by Gasteiger charge is 2.06. The van der Waals surface area contributed by atoms with E-state index in [1.54, 1.807) is 6.92 Å². The zero-order valence-electron chi connectivity index (χ0n) is 7.79. The second-order valence-corrected chi connectivity index (χ2v) is 2.02. The number of carbonyl (C=O) groups excluding carboxylic acids is 2. The minimum atomic E-state index is -0.733. The van der Waals surface area contributed by atoms with E-state index < -0.39 is 12.1 Å². The van der Waals surface area contributed by atoms with E-state index in [-0.39, 0.29) is 12.3 Å². The van der Waals surface area contributed by atoms with Gasteiger partial charge in [-0.1, -0.05) is 0 Å². The summed E-state index contributed by atoms with van der Waals surface area (Å²) in [4.78, 5) is 21.4. The lowest BCUT2D eigenvalue weighted by Gasteiger charge is -2.00. The van der Waals surface area contributed by atoms with E-state index in [1.807, 2.05) is 5.43 Å². The summed E-state index contributed by atoms with van der Waals surface area (Å²) >= 11 is 0.